The van der Waals surface area contributed by atoms with Crippen molar-refractivity contribution in [2.75, 3.05) is 19.6 Å². The Balaban J connectivity index is 1.35. The first-order chi connectivity index (χ1) is 16.9. The average Bonchev–Trinajstić information content (AvgIpc) is 3.65. The van der Waals surface area contributed by atoms with Crippen LogP contribution in [0.25, 0.3) is 0 Å². The molecule has 2 aromatic carbocycles. The summed E-state index contributed by atoms with van der Waals surface area (Å²) in [5.41, 5.74) is 2.59. The van der Waals surface area contributed by atoms with Gasteiger partial charge in [0.05, 0.1) is 5.69 Å². The predicted molar refractivity (Wildman–Crippen MR) is 138 cm³/mol. The molecule has 5 heteroatoms. The minimum absolute atomic E-state index is 0.125. The Morgan fingerprint density at radius 2 is 1.80 bits per heavy atom. The SMILES string of the molecule is CC(C)C1=Nc2ccc(Oc3ccc(F)cc3)cc2C(=O)CCC1CC1CCCN(CC2CC2)C1. The largest absolute Gasteiger partial charge is 0.457 e. The third-order valence-electron chi connectivity index (χ3n) is 7.73. The van der Waals surface area contributed by atoms with Gasteiger partial charge in [0.15, 0.2) is 5.78 Å². The van der Waals surface area contributed by atoms with Crippen LogP contribution in [-0.2, 0) is 0 Å². The first-order valence-electron chi connectivity index (χ1n) is 13.4. The molecule has 1 saturated carbocycles. The maximum absolute atomic E-state index is 13.2. The number of fused-ring (bicyclic) bond motifs is 1. The first kappa shape index (κ1) is 24.2. The van der Waals surface area contributed by atoms with Crippen LogP contribution >= 0.6 is 0 Å². The Hall–Kier alpha value is -2.53. The van der Waals surface area contributed by atoms with Gasteiger partial charge in [-0.3, -0.25) is 9.79 Å². The van der Waals surface area contributed by atoms with Crippen LogP contribution in [0.1, 0.15) is 69.2 Å². The predicted octanol–water partition coefficient (Wildman–Crippen LogP) is 7.45. The van der Waals surface area contributed by atoms with Crippen LogP contribution in [0.15, 0.2) is 47.5 Å². The highest BCUT2D eigenvalue weighted by Crippen LogP contribution is 2.37. The molecule has 3 aliphatic rings. The fraction of sp³-hybridized carbons (Fsp3) is 0.533. The van der Waals surface area contributed by atoms with Crippen molar-refractivity contribution in [1.82, 2.24) is 4.90 Å². The van der Waals surface area contributed by atoms with E-state index in [9.17, 15) is 9.18 Å². The van der Waals surface area contributed by atoms with Gasteiger partial charge in [0.1, 0.15) is 17.3 Å². The fourth-order valence-corrected chi connectivity index (χ4v) is 5.77. The molecule has 0 bridgehead atoms. The molecule has 1 saturated heterocycles. The summed E-state index contributed by atoms with van der Waals surface area (Å²) in [4.78, 5) is 21.0. The zero-order chi connectivity index (χ0) is 24.4. The number of hydrogen-bond acceptors (Lipinski definition) is 4. The Kier molecular flexibility index (Phi) is 7.33. The van der Waals surface area contributed by atoms with Crippen molar-refractivity contribution in [3.63, 3.8) is 0 Å². The molecule has 0 radical (unpaired) electrons. The number of benzene rings is 2. The number of likely N-dealkylation sites (tertiary alicyclic amines) is 1. The summed E-state index contributed by atoms with van der Waals surface area (Å²) >= 11 is 0. The number of piperidine rings is 1. The summed E-state index contributed by atoms with van der Waals surface area (Å²) in [5, 5.41) is 0. The number of halogens is 1. The van der Waals surface area contributed by atoms with Crippen LogP contribution in [0.4, 0.5) is 10.1 Å². The van der Waals surface area contributed by atoms with E-state index in [0.717, 1.165) is 24.4 Å². The van der Waals surface area contributed by atoms with Gasteiger partial charge in [-0.15, -0.1) is 0 Å². The molecule has 186 valence electrons. The lowest BCUT2D eigenvalue weighted by atomic mass is 9.79. The molecule has 2 aromatic rings. The van der Waals surface area contributed by atoms with Crippen molar-refractivity contribution in [2.45, 2.75) is 58.8 Å². The lowest BCUT2D eigenvalue weighted by molar-refractivity contribution is 0.0972. The number of ketones is 1. The standard InChI is InChI=1S/C30H37FN2O2/c1-20(2)30-23(16-22-4-3-15-33(19-22)18-21-5-6-21)7-14-29(34)27-17-26(12-13-28(27)32-30)35-25-10-8-24(31)9-11-25/h8-13,17,20-23H,3-7,14-16,18-19H2,1-2H3. The van der Waals surface area contributed by atoms with Crippen molar-refractivity contribution in [2.24, 2.45) is 28.7 Å². The molecule has 2 heterocycles. The van der Waals surface area contributed by atoms with Gasteiger partial charge in [-0.2, -0.15) is 0 Å². The zero-order valence-corrected chi connectivity index (χ0v) is 21.0. The second-order valence-electron chi connectivity index (χ2n) is 11.0. The van der Waals surface area contributed by atoms with E-state index >= 15 is 0 Å². The second-order valence-corrected chi connectivity index (χ2v) is 11.0. The highest BCUT2D eigenvalue weighted by atomic mass is 19.1. The van der Waals surface area contributed by atoms with Crippen molar-refractivity contribution >= 4 is 17.2 Å². The van der Waals surface area contributed by atoms with Gasteiger partial charge < -0.3 is 9.64 Å². The fourth-order valence-electron chi connectivity index (χ4n) is 5.77. The monoisotopic (exact) mass is 476 g/mol. The van der Waals surface area contributed by atoms with Crippen molar-refractivity contribution in [3.8, 4) is 11.5 Å². The lowest BCUT2D eigenvalue weighted by Gasteiger charge is -2.35. The summed E-state index contributed by atoms with van der Waals surface area (Å²) in [6.07, 6.45) is 7.92. The molecule has 0 N–H and O–H groups in total. The molecule has 2 unspecified atom stereocenters. The van der Waals surface area contributed by atoms with Crippen LogP contribution < -0.4 is 4.74 Å². The smallest absolute Gasteiger partial charge is 0.165 e. The number of hydrogen-bond donors (Lipinski definition) is 0. The molecule has 2 atom stereocenters. The summed E-state index contributed by atoms with van der Waals surface area (Å²) in [6, 6.07) is 11.4. The summed E-state index contributed by atoms with van der Waals surface area (Å²) in [5.74, 6) is 3.25. The van der Waals surface area contributed by atoms with Crippen LogP contribution in [0.3, 0.4) is 0 Å². The van der Waals surface area contributed by atoms with E-state index in [2.05, 4.69) is 18.7 Å². The van der Waals surface area contributed by atoms with E-state index in [1.54, 1.807) is 18.2 Å². The molecule has 5 rings (SSSR count). The number of ether oxygens (including phenoxy) is 1. The Morgan fingerprint density at radius 3 is 2.54 bits per heavy atom. The Bertz CT molecular complexity index is 1070. The van der Waals surface area contributed by atoms with Crippen molar-refractivity contribution in [3.05, 3.63) is 53.8 Å². The van der Waals surface area contributed by atoms with E-state index in [-0.39, 0.29) is 11.6 Å². The number of carbonyl (C=O) groups is 1. The molecule has 35 heavy (non-hydrogen) atoms. The molecule has 2 fully saturated rings. The number of nitrogens with zero attached hydrogens (tertiary/aromatic N) is 2. The highest BCUT2D eigenvalue weighted by molar-refractivity contribution is 6.04. The van der Waals surface area contributed by atoms with Crippen LogP contribution in [-0.4, -0.2) is 36.0 Å². The molecule has 0 amide bonds. The molecular formula is C30H37FN2O2. The van der Waals surface area contributed by atoms with Gasteiger partial charge in [-0.25, -0.2) is 4.39 Å². The number of rotatable bonds is 7. The number of Topliss-reactive ketones (excluding diaryl/α,β-unsaturated/α-hetero) is 1. The molecule has 2 aliphatic heterocycles. The van der Waals surface area contributed by atoms with Gasteiger partial charge >= 0.3 is 0 Å². The number of aliphatic imine (C=N–C) groups is 1. The average molecular weight is 477 g/mol. The maximum atomic E-state index is 13.2. The minimum atomic E-state index is -0.306. The van der Waals surface area contributed by atoms with E-state index in [0.29, 0.717) is 41.2 Å². The van der Waals surface area contributed by atoms with E-state index in [4.69, 9.17) is 9.73 Å². The highest BCUT2D eigenvalue weighted by Gasteiger charge is 2.31. The minimum Gasteiger partial charge on any atom is -0.457 e. The molecule has 0 spiro atoms. The van der Waals surface area contributed by atoms with Crippen LogP contribution in [0.2, 0.25) is 0 Å². The van der Waals surface area contributed by atoms with E-state index in [1.165, 1.54) is 63.2 Å². The van der Waals surface area contributed by atoms with Gasteiger partial charge in [-0.05, 0) is 111 Å². The van der Waals surface area contributed by atoms with Crippen LogP contribution in [0.5, 0.6) is 11.5 Å². The quantitative estimate of drug-likeness (QED) is 0.417. The molecule has 4 nitrogen and oxygen atoms in total. The van der Waals surface area contributed by atoms with Gasteiger partial charge in [-0.1, -0.05) is 13.8 Å². The maximum Gasteiger partial charge on any atom is 0.165 e. The molecule has 1 aliphatic carbocycles. The zero-order valence-electron chi connectivity index (χ0n) is 21.0. The summed E-state index contributed by atoms with van der Waals surface area (Å²) < 4.78 is 19.1. The first-order valence-corrected chi connectivity index (χ1v) is 13.4. The van der Waals surface area contributed by atoms with E-state index < -0.39 is 0 Å². The van der Waals surface area contributed by atoms with Gasteiger partial charge in [0, 0.05) is 30.8 Å². The second kappa shape index (κ2) is 10.6. The lowest BCUT2D eigenvalue weighted by Crippen LogP contribution is -2.38. The summed E-state index contributed by atoms with van der Waals surface area (Å²) in [7, 11) is 0. The summed E-state index contributed by atoms with van der Waals surface area (Å²) in [6.45, 7) is 8.17. The number of carbonyl (C=O) groups excluding carboxylic acids is 1. The van der Waals surface area contributed by atoms with Crippen molar-refractivity contribution in [1.29, 1.82) is 0 Å². The van der Waals surface area contributed by atoms with Gasteiger partial charge in [0.2, 0.25) is 0 Å². The Labute approximate surface area is 208 Å². The normalized spacial score (nSPS) is 23.4. The molecular weight excluding hydrogens is 439 g/mol. The van der Waals surface area contributed by atoms with E-state index in [1.807, 2.05) is 12.1 Å². The Morgan fingerprint density at radius 1 is 1.03 bits per heavy atom. The molecule has 0 aromatic heterocycles. The topological polar surface area (TPSA) is 41.9 Å². The third-order valence-corrected chi connectivity index (χ3v) is 7.73. The third kappa shape index (κ3) is 6.19. The van der Waals surface area contributed by atoms with Crippen molar-refractivity contribution < 1.29 is 13.9 Å². The van der Waals surface area contributed by atoms with Crippen LogP contribution in [0, 0.1) is 29.5 Å². The van der Waals surface area contributed by atoms with Gasteiger partial charge in [0.25, 0.3) is 0 Å².